The lowest BCUT2D eigenvalue weighted by Gasteiger charge is -2.29. The maximum absolute atomic E-state index is 12.8. The molecule has 0 fully saturated rings. The molecule has 0 atom stereocenters. The van der Waals surface area contributed by atoms with Crippen molar-refractivity contribution in [2.24, 2.45) is 0 Å². The summed E-state index contributed by atoms with van der Waals surface area (Å²) >= 11 is 0. The molecule has 7 heteroatoms. The molecule has 1 aliphatic heterocycles. The fraction of sp³-hybridized carbons (Fsp3) is 0.200. The first-order chi connectivity index (χ1) is 12.9. The average molecular weight is 371 g/mol. The Hall–Kier alpha value is -3.27. The number of rotatable bonds is 3. The standard InChI is InChI=1S/C20H16F3N3O/c21-20(22,23)16-7-3-8-17(11-16)25-13-15(12-24)19(27)26-10-4-6-14-5-1-2-9-18(14)26/h1-3,5,7-9,11,13,25H,4,6,10H2/b15-13-. The largest absolute Gasteiger partial charge is 0.416 e. The van der Waals surface area contributed by atoms with E-state index in [1.54, 1.807) is 0 Å². The average Bonchev–Trinajstić information content (AvgIpc) is 2.67. The van der Waals surface area contributed by atoms with Crippen LogP contribution >= 0.6 is 0 Å². The van der Waals surface area contributed by atoms with Crippen LogP contribution in [0.1, 0.15) is 17.5 Å². The number of nitrogens with zero attached hydrogens (tertiary/aromatic N) is 2. The molecule has 4 nitrogen and oxygen atoms in total. The number of fused-ring (bicyclic) bond motifs is 1. The third kappa shape index (κ3) is 4.11. The van der Waals surface area contributed by atoms with Gasteiger partial charge < -0.3 is 10.2 Å². The molecule has 0 radical (unpaired) electrons. The van der Waals surface area contributed by atoms with Crippen molar-refractivity contribution in [1.29, 1.82) is 5.26 Å². The van der Waals surface area contributed by atoms with E-state index in [1.807, 2.05) is 30.3 Å². The fourth-order valence-electron chi connectivity index (χ4n) is 2.97. The Bertz CT molecular complexity index is 929. The first-order valence-electron chi connectivity index (χ1n) is 8.34. The van der Waals surface area contributed by atoms with E-state index in [4.69, 9.17) is 0 Å². The van der Waals surface area contributed by atoms with Crippen molar-refractivity contribution in [2.75, 3.05) is 16.8 Å². The van der Waals surface area contributed by atoms with Crippen LogP contribution in [0.4, 0.5) is 24.5 Å². The number of alkyl halides is 3. The van der Waals surface area contributed by atoms with E-state index >= 15 is 0 Å². The number of para-hydroxylation sites is 1. The monoisotopic (exact) mass is 371 g/mol. The molecule has 1 amide bonds. The fourth-order valence-corrected chi connectivity index (χ4v) is 2.97. The van der Waals surface area contributed by atoms with E-state index in [9.17, 15) is 23.2 Å². The predicted molar refractivity (Wildman–Crippen MR) is 95.9 cm³/mol. The number of carbonyl (C=O) groups excluding carboxylic acids is 1. The van der Waals surface area contributed by atoms with Crippen molar-refractivity contribution >= 4 is 17.3 Å². The zero-order valence-electron chi connectivity index (χ0n) is 14.3. The smallest absolute Gasteiger partial charge is 0.360 e. The van der Waals surface area contributed by atoms with E-state index in [-0.39, 0.29) is 11.3 Å². The summed E-state index contributed by atoms with van der Waals surface area (Å²) < 4.78 is 38.4. The van der Waals surface area contributed by atoms with Gasteiger partial charge in [0.25, 0.3) is 5.91 Å². The summed E-state index contributed by atoms with van der Waals surface area (Å²) in [5, 5.41) is 12.0. The minimum Gasteiger partial charge on any atom is -0.360 e. The van der Waals surface area contributed by atoms with Gasteiger partial charge in [0, 0.05) is 24.1 Å². The van der Waals surface area contributed by atoms with E-state index in [2.05, 4.69) is 5.32 Å². The minimum absolute atomic E-state index is 0.143. The second kappa shape index (κ2) is 7.54. The number of nitriles is 1. The molecule has 0 saturated carbocycles. The van der Waals surface area contributed by atoms with E-state index in [0.29, 0.717) is 6.54 Å². The number of halogens is 3. The molecule has 0 aliphatic carbocycles. The zero-order chi connectivity index (χ0) is 19.4. The number of carbonyl (C=O) groups is 1. The molecule has 1 heterocycles. The summed E-state index contributed by atoms with van der Waals surface area (Å²) in [4.78, 5) is 14.3. The van der Waals surface area contributed by atoms with Crippen molar-refractivity contribution in [3.63, 3.8) is 0 Å². The maximum Gasteiger partial charge on any atom is 0.416 e. The van der Waals surface area contributed by atoms with Gasteiger partial charge in [-0.1, -0.05) is 24.3 Å². The van der Waals surface area contributed by atoms with Crippen LogP contribution in [0.2, 0.25) is 0 Å². The highest BCUT2D eigenvalue weighted by Gasteiger charge is 2.30. The first-order valence-corrected chi connectivity index (χ1v) is 8.34. The number of hydrogen-bond acceptors (Lipinski definition) is 3. The van der Waals surface area contributed by atoms with Crippen molar-refractivity contribution < 1.29 is 18.0 Å². The molecule has 2 aromatic carbocycles. The molecule has 138 valence electrons. The molecule has 0 saturated heterocycles. The number of nitrogens with one attached hydrogen (secondary N) is 1. The van der Waals surface area contributed by atoms with E-state index in [0.717, 1.165) is 42.4 Å². The van der Waals surface area contributed by atoms with Crippen LogP contribution in [-0.4, -0.2) is 12.5 Å². The van der Waals surface area contributed by atoms with Gasteiger partial charge in [0.2, 0.25) is 0 Å². The summed E-state index contributed by atoms with van der Waals surface area (Å²) in [5.74, 6) is -0.482. The van der Waals surface area contributed by atoms with Crippen LogP contribution in [0.3, 0.4) is 0 Å². The van der Waals surface area contributed by atoms with Crippen LogP contribution in [0, 0.1) is 11.3 Å². The SMILES string of the molecule is N#C/C(=C/Nc1cccc(C(F)(F)F)c1)C(=O)N1CCCc2ccccc21. The number of hydrogen-bond donors (Lipinski definition) is 1. The number of benzene rings is 2. The van der Waals surface area contributed by atoms with Gasteiger partial charge in [-0.15, -0.1) is 0 Å². The van der Waals surface area contributed by atoms with Crippen molar-refractivity contribution in [3.8, 4) is 6.07 Å². The van der Waals surface area contributed by atoms with Gasteiger partial charge in [0.05, 0.1) is 5.56 Å². The Kier molecular flexibility index (Phi) is 5.17. The van der Waals surface area contributed by atoms with Crippen LogP contribution in [0.5, 0.6) is 0 Å². The second-order valence-electron chi connectivity index (χ2n) is 6.08. The van der Waals surface area contributed by atoms with Gasteiger partial charge in [-0.3, -0.25) is 4.79 Å². The summed E-state index contributed by atoms with van der Waals surface area (Å²) in [6.45, 7) is 0.485. The lowest BCUT2D eigenvalue weighted by molar-refractivity contribution is -0.137. The number of amides is 1. The molecule has 2 aromatic rings. The molecule has 3 rings (SSSR count). The van der Waals surface area contributed by atoms with E-state index < -0.39 is 17.6 Å². The van der Waals surface area contributed by atoms with Crippen molar-refractivity contribution in [1.82, 2.24) is 0 Å². The Balaban J connectivity index is 1.82. The molecule has 27 heavy (non-hydrogen) atoms. The van der Waals surface area contributed by atoms with Crippen LogP contribution in [0.15, 0.2) is 60.3 Å². The van der Waals surface area contributed by atoms with Crippen molar-refractivity contribution in [2.45, 2.75) is 19.0 Å². The highest BCUT2D eigenvalue weighted by atomic mass is 19.4. The third-order valence-electron chi connectivity index (χ3n) is 4.28. The number of anilines is 2. The maximum atomic E-state index is 12.8. The lowest BCUT2D eigenvalue weighted by Crippen LogP contribution is -2.36. The Labute approximate surface area is 154 Å². The van der Waals surface area contributed by atoms with Gasteiger partial charge in [0.15, 0.2) is 0 Å². The number of aryl methyl sites for hydroxylation is 1. The minimum atomic E-state index is -4.47. The molecular weight excluding hydrogens is 355 g/mol. The molecule has 0 unspecified atom stereocenters. The molecule has 0 spiro atoms. The van der Waals surface area contributed by atoms with Gasteiger partial charge in [-0.25, -0.2) is 0 Å². The van der Waals surface area contributed by atoms with Gasteiger partial charge in [-0.2, -0.15) is 18.4 Å². The zero-order valence-corrected chi connectivity index (χ0v) is 14.3. The second-order valence-corrected chi connectivity index (χ2v) is 6.08. The van der Waals surface area contributed by atoms with Crippen LogP contribution < -0.4 is 10.2 Å². The predicted octanol–water partition coefficient (Wildman–Crippen LogP) is 4.50. The van der Waals surface area contributed by atoms with Crippen LogP contribution in [-0.2, 0) is 17.4 Å². The summed E-state index contributed by atoms with van der Waals surface area (Å²) in [7, 11) is 0. The highest BCUT2D eigenvalue weighted by molar-refractivity contribution is 6.09. The van der Waals surface area contributed by atoms with Crippen molar-refractivity contribution in [3.05, 3.63) is 71.4 Å². The summed E-state index contributed by atoms with van der Waals surface area (Å²) in [5.41, 5.74) is 0.943. The summed E-state index contributed by atoms with van der Waals surface area (Å²) in [6.07, 6.45) is -1.68. The topological polar surface area (TPSA) is 56.1 Å². The van der Waals surface area contributed by atoms with Gasteiger partial charge in [-0.05, 0) is 42.7 Å². The van der Waals surface area contributed by atoms with Gasteiger partial charge in [0.1, 0.15) is 11.6 Å². The quantitative estimate of drug-likeness (QED) is 0.638. The Morgan fingerprint density at radius 2 is 1.96 bits per heavy atom. The molecule has 1 aliphatic rings. The Morgan fingerprint density at radius 1 is 1.19 bits per heavy atom. The van der Waals surface area contributed by atoms with Crippen LogP contribution in [0.25, 0.3) is 0 Å². The molecule has 1 N–H and O–H groups in total. The lowest BCUT2D eigenvalue weighted by atomic mass is 10.0. The van der Waals surface area contributed by atoms with E-state index in [1.165, 1.54) is 17.0 Å². The molecule has 0 bridgehead atoms. The highest BCUT2D eigenvalue weighted by Crippen LogP contribution is 2.31. The molecular formula is C20H16F3N3O. The first kappa shape index (κ1) is 18.5. The third-order valence-corrected chi connectivity index (χ3v) is 4.28. The molecule has 0 aromatic heterocycles. The van der Waals surface area contributed by atoms with Gasteiger partial charge >= 0.3 is 6.18 Å². The Morgan fingerprint density at radius 3 is 2.70 bits per heavy atom. The normalized spacial score (nSPS) is 14.3. The summed E-state index contributed by atoms with van der Waals surface area (Å²) in [6, 6.07) is 13.9.